The Balaban J connectivity index is 1.89. The second-order valence-electron chi connectivity index (χ2n) is 6.87. The largest absolute Gasteiger partial charge is 0.496 e. The smallest absolute Gasteiger partial charge is 0.183 e. The summed E-state index contributed by atoms with van der Waals surface area (Å²) in [6, 6.07) is 11.0. The molecule has 2 aromatic carbocycles. The van der Waals surface area contributed by atoms with E-state index in [-0.39, 0.29) is 17.2 Å². The Morgan fingerprint density at radius 2 is 1.89 bits per heavy atom. The number of nitrogens with one attached hydrogen (secondary N) is 1. The van der Waals surface area contributed by atoms with Crippen molar-refractivity contribution in [3.63, 3.8) is 0 Å². The normalized spacial score (nSPS) is 21.5. The van der Waals surface area contributed by atoms with Gasteiger partial charge in [0.1, 0.15) is 5.75 Å². The van der Waals surface area contributed by atoms with E-state index in [1.165, 1.54) is 19.2 Å². The minimum Gasteiger partial charge on any atom is -0.496 e. The molecule has 6 nitrogen and oxygen atoms in total. The van der Waals surface area contributed by atoms with Crippen molar-refractivity contribution in [1.82, 2.24) is 5.32 Å². The van der Waals surface area contributed by atoms with Crippen LogP contribution in [-0.2, 0) is 26.2 Å². The molecule has 0 aliphatic carbocycles. The summed E-state index contributed by atoms with van der Waals surface area (Å²) in [5.41, 5.74) is 1.45. The molecule has 152 valence electrons. The second-order valence-corrected chi connectivity index (χ2v) is 11.6. The Hall–Kier alpha value is -1.61. The van der Waals surface area contributed by atoms with Crippen LogP contribution in [0, 0.1) is 6.92 Å². The van der Waals surface area contributed by atoms with Crippen LogP contribution in [0.2, 0.25) is 5.02 Å². The predicted octanol–water partition coefficient (Wildman–Crippen LogP) is 2.39. The van der Waals surface area contributed by atoms with E-state index in [2.05, 4.69) is 5.32 Å². The number of sulfone groups is 2. The number of benzene rings is 2. The Kier molecular flexibility index (Phi) is 6.05. The number of halogens is 1. The molecule has 9 heteroatoms. The third kappa shape index (κ3) is 4.35. The summed E-state index contributed by atoms with van der Waals surface area (Å²) in [5.74, 6) is -0.0525. The number of methoxy groups -OCH3 is 1. The number of aryl methyl sites for hydroxylation is 1. The maximum atomic E-state index is 13.2. The van der Waals surface area contributed by atoms with Gasteiger partial charge in [-0.3, -0.25) is 0 Å². The van der Waals surface area contributed by atoms with Crippen LogP contribution in [0.25, 0.3) is 0 Å². The standard InChI is InChI=1S/C19H22ClNO5S2/c1-13-9-15(7-8-18(13)26-2)28(24,25)19-12-27(22,23)11-17(19)21-10-14-5-3-4-6-16(14)20/h3-9,17,19,21H,10-12H2,1-2H3/t17-,19-/m0/s1. The molecule has 1 fully saturated rings. The molecule has 0 unspecified atom stereocenters. The highest BCUT2D eigenvalue weighted by atomic mass is 35.5. The first-order valence-electron chi connectivity index (χ1n) is 8.70. The van der Waals surface area contributed by atoms with Crippen LogP contribution in [-0.4, -0.2) is 46.7 Å². The van der Waals surface area contributed by atoms with Gasteiger partial charge in [-0.05, 0) is 42.3 Å². The minimum atomic E-state index is -3.85. The third-order valence-electron chi connectivity index (χ3n) is 4.91. The maximum absolute atomic E-state index is 13.2. The molecule has 0 aromatic heterocycles. The van der Waals surface area contributed by atoms with Crippen LogP contribution in [0.15, 0.2) is 47.4 Å². The van der Waals surface area contributed by atoms with Gasteiger partial charge in [0.15, 0.2) is 19.7 Å². The van der Waals surface area contributed by atoms with Gasteiger partial charge < -0.3 is 10.1 Å². The number of hydrogen-bond donors (Lipinski definition) is 1. The van der Waals surface area contributed by atoms with E-state index in [0.29, 0.717) is 16.3 Å². The SMILES string of the molecule is COc1ccc(S(=O)(=O)[C@H]2CS(=O)(=O)C[C@@H]2NCc2ccccc2Cl)cc1C. The summed E-state index contributed by atoms with van der Waals surface area (Å²) in [4.78, 5) is 0.0949. The maximum Gasteiger partial charge on any atom is 0.183 e. The highest BCUT2D eigenvalue weighted by Gasteiger charge is 2.45. The lowest BCUT2D eigenvalue weighted by atomic mass is 10.2. The first-order chi connectivity index (χ1) is 13.1. The zero-order valence-corrected chi connectivity index (χ0v) is 17.9. The van der Waals surface area contributed by atoms with Crippen molar-refractivity contribution in [2.75, 3.05) is 18.6 Å². The molecule has 28 heavy (non-hydrogen) atoms. The van der Waals surface area contributed by atoms with Crippen LogP contribution in [0.4, 0.5) is 0 Å². The number of hydrogen-bond acceptors (Lipinski definition) is 6. The second kappa shape index (κ2) is 8.02. The van der Waals surface area contributed by atoms with E-state index in [1.807, 2.05) is 12.1 Å². The fourth-order valence-corrected chi connectivity index (χ4v) is 8.40. The first kappa shape index (κ1) is 21.1. The first-order valence-corrected chi connectivity index (χ1v) is 12.4. The molecule has 0 saturated carbocycles. The van der Waals surface area contributed by atoms with Crippen LogP contribution >= 0.6 is 11.6 Å². The van der Waals surface area contributed by atoms with E-state index in [9.17, 15) is 16.8 Å². The lowest BCUT2D eigenvalue weighted by molar-refractivity contribution is 0.411. The molecule has 1 aliphatic rings. The van der Waals surface area contributed by atoms with Gasteiger partial charge in [-0.15, -0.1) is 0 Å². The predicted molar refractivity (Wildman–Crippen MR) is 109 cm³/mol. The third-order valence-corrected chi connectivity index (χ3v) is 9.42. The number of ether oxygens (including phenoxy) is 1. The highest BCUT2D eigenvalue weighted by molar-refractivity contribution is 7.96. The fraction of sp³-hybridized carbons (Fsp3) is 0.368. The molecule has 3 rings (SSSR count). The molecule has 1 heterocycles. The minimum absolute atomic E-state index is 0.0949. The topological polar surface area (TPSA) is 89.5 Å². The average molecular weight is 444 g/mol. The zero-order chi connectivity index (χ0) is 20.5. The quantitative estimate of drug-likeness (QED) is 0.737. The van der Waals surface area contributed by atoms with Gasteiger partial charge in [0.25, 0.3) is 0 Å². The fourth-order valence-electron chi connectivity index (χ4n) is 3.40. The molecular weight excluding hydrogens is 422 g/mol. The highest BCUT2D eigenvalue weighted by Crippen LogP contribution is 2.29. The van der Waals surface area contributed by atoms with Gasteiger partial charge in [0, 0.05) is 17.6 Å². The Morgan fingerprint density at radius 1 is 1.18 bits per heavy atom. The van der Waals surface area contributed by atoms with E-state index in [4.69, 9.17) is 16.3 Å². The lowest BCUT2D eigenvalue weighted by Crippen LogP contribution is -2.43. The van der Waals surface area contributed by atoms with Crippen molar-refractivity contribution in [2.24, 2.45) is 0 Å². The van der Waals surface area contributed by atoms with E-state index >= 15 is 0 Å². The van der Waals surface area contributed by atoms with Gasteiger partial charge in [0.2, 0.25) is 0 Å². The molecular formula is C19H22ClNO5S2. The molecule has 1 aliphatic heterocycles. The van der Waals surface area contributed by atoms with E-state index in [1.54, 1.807) is 25.1 Å². The summed E-state index contributed by atoms with van der Waals surface area (Å²) < 4.78 is 56.0. The molecule has 2 atom stereocenters. The summed E-state index contributed by atoms with van der Waals surface area (Å²) >= 11 is 6.15. The monoisotopic (exact) mass is 443 g/mol. The lowest BCUT2D eigenvalue weighted by Gasteiger charge is -2.21. The Labute approximate surface area is 170 Å². The summed E-state index contributed by atoms with van der Waals surface area (Å²) in [7, 11) is -5.82. The van der Waals surface area contributed by atoms with Crippen molar-refractivity contribution in [3.8, 4) is 5.75 Å². The van der Waals surface area contributed by atoms with Crippen LogP contribution in [0.3, 0.4) is 0 Å². The van der Waals surface area contributed by atoms with Crippen molar-refractivity contribution in [1.29, 1.82) is 0 Å². The van der Waals surface area contributed by atoms with Crippen molar-refractivity contribution in [3.05, 3.63) is 58.6 Å². The number of rotatable bonds is 6. The van der Waals surface area contributed by atoms with E-state index in [0.717, 1.165) is 5.56 Å². The van der Waals surface area contributed by atoms with Gasteiger partial charge in [-0.2, -0.15) is 0 Å². The molecule has 0 amide bonds. The molecule has 0 spiro atoms. The summed E-state index contributed by atoms with van der Waals surface area (Å²) in [6.07, 6.45) is 0. The average Bonchev–Trinajstić information content (AvgIpc) is 2.96. The Bertz CT molecular complexity index is 1080. The van der Waals surface area contributed by atoms with Gasteiger partial charge in [-0.1, -0.05) is 29.8 Å². The summed E-state index contributed by atoms with van der Waals surface area (Å²) in [6.45, 7) is 2.03. The van der Waals surface area contributed by atoms with Crippen LogP contribution in [0.1, 0.15) is 11.1 Å². The van der Waals surface area contributed by atoms with Gasteiger partial charge >= 0.3 is 0 Å². The molecule has 1 N–H and O–H groups in total. The zero-order valence-electron chi connectivity index (χ0n) is 15.6. The Morgan fingerprint density at radius 3 is 2.54 bits per heavy atom. The van der Waals surface area contributed by atoms with Crippen molar-refractivity contribution >= 4 is 31.3 Å². The van der Waals surface area contributed by atoms with Crippen molar-refractivity contribution < 1.29 is 21.6 Å². The molecule has 2 aromatic rings. The van der Waals surface area contributed by atoms with Gasteiger partial charge in [0.05, 0.1) is 28.8 Å². The van der Waals surface area contributed by atoms with Gasteiger partial charge in [-0.25, -0.2) is 16.8 Å². The molecule has 1 saturated heterocycles. The van der Waals surface area contributed by atoms with E-state index < -0.39 is 36.7 Å². The van der Waals surface area contributed by atoms with Crippen molar-refractivity contribution in [2.45, 2.75) is 29.7 Å². The van der Waals surface area contributed by atoms with Crippen LogP contribution in [0.5, 0.6) is 5.75 Å². The molecule has 0 radical (unpaired) electrons. The van der Waals surface area contributed by atoms with Crippen LogP contribution < -0.4 is 10.1 Å². The molecule has 0 bridgehead atoms. The summed E-state index contributed by atoms with van der Waals surface area (Å²) in [5, 5.41) is 2.57.